The molecule has 0 aliphatic heterocycles. The van der Waals surface area contributed by atoms with Crippen LogP contribution in [-0.4, -0.2) is 22.3 Å². The first kappa shape index (κ1) is 18.4. The lowest BCUT2D eigenvalue weighted by molar-refractivity contribution is 0.280. The summed E-state index contributed by atoms with van der Waals surface area (Å²) in [5.41, 5.74) is -1.22. The molecule has 0 unspecified atom stereocenters. The largest absolute Gasteiger partial charge is 0.430 e. The fraction of sp³-hybridized carbons (Fsp3) is 0.417. The van der Waals surface area contributed by atoms with Crippen molar-refractivity contribution in [3.05, 3.63) is 33.8 Å². The van der Waals surface area contributed by atoms with E-state index in [4.69, 9.17) is 36.9 Å². The number of halogens is 1. The summed E-state index contributed by atoms with van der Waals surface area (Å²) < 4.78 is 17.7. The van der Waals surface area contributed by atoms with Crippen molar-refractivity contribution in [2.24, 2.45) is 0 Å². The minimum Gasteiger partial charge on any atom is -0.407 e. The van der Waals surface area contributed by atoms with Gasteiger partial charge in [-0.05, 0) is 49.7 Å². The SMILES string of the molecule is CCOP(=S)(OCC)SCSn1c(=O)oc2cc(Cl)ccc21. The normalized spacial score (nSPS) is 12.1. The zero-order chi connectivity index (χ0) is 16.2. The Hall–Kier alpha value is 0.0500. The van der Waals surface area contributed by atoms with E-state index in [0.29, 0.717) is 34.4 Å². The van der Waals surface area contributed by atoms with E-state index >= 15 is 0 Å². The molecule has 0 N–H and O–H groups in total. The van der Waals surface area contributed by atoms with Gasteiger partial charge in [0.1, 0.15) is 5.52 Å². The molecule has 22 heavy (non-hydrogen) atoms. The summed E-state index contributed by atoms with van der Waals surface area (Å²) in [4.78, 5) is 11.9. The van der Waals surface area contributed by atoms with Gasteiger partial charge in [0.25, 0.3) is 0 Å². The van der Waals surface area contributed by atoms with Gasteiger partial charge < -0.3 is 13.5 Å². The Morgan fingerprint density at radius 3 is 2.68 bits per heavy atom. The van der Waals surface area contributed by atoms with Gasteiger partial charge in [-0.15, -0.1) is 0 Å². The number of oxazole rings is 1. The number of nitrogens with zero attached hydrogens (tertiary/aromatic N) is 1. The van der Waals surface area contributed by atoms with E-state index in [-0.39, 0.29) is 0 Å². The highest BCUT2D eigenvalue weighted by Gasteiger charge is 2.19. The predicted octanol–water partition coefficient (Wildman–Crippen LogP) is 4.73. The maximum absolute atomic E-state index is 11.9. The first-order chi connectivity index (χ1) is 10.5. The van der Waals surface area contributed by atoms with Crippen LogP contribution in [0.3, 0.4) is 0 Å². The smallest absolute Gasteiger partial charge is 0.407 e. The summed E-state index contributed by atoms with van der Waals surface area (Å²) in [5, 5.41) is 1.05. The van der Waals surface area contributed by atoms with E-state index in [2.05, 4.69) is 0 Å². The second kappa shape index (κ2) is 8.24. The quantitative estimate of drug-likeness (QED) is 0.469. The van der Waals surface area contributed by atoms with Crippen LogP contribution >= 0.6 is 40.6 Å². The van der Waals surface area contributed by atoms with Gasteiger partial charge in [-0.2, -0.15) is 0 Å². The molecule has 0 fully saturated rings. The Morgan fingerprint density at radius 1 is 1.36 bits per heavy atom. The summed E-state index contributed by atoms with van der Waals surface area (Å²) in [6.07, 6.45) is 0. The van der Waals surface area contributed by atoms with Gasteiger partial charge in [0.15, 0.2) is 5.58 Å². The molecule has 0 atom stereocenters. The zero-order valence-corrected chi connectivity index (χ0v) is 16.1. The van der Waals surface area contributed by atoms with Crippen LogP contribution in [0.4, 0.5) is 0 Å². The third-order valence-electron chi connectivity index (χ3n) is 2.47. The molecule has 0 radical (unpaired) electrons. The van der Waals surface area contributed by atoms with Gasteiger partial charge in [0.2, 0.25) is 5.69 Å². The lowest BCUT2D eigenvalue weighted by Crippen LogP contribution is -2.07. The van der Waals surface area contributed by atoms with Gasteiger partial charge in [-0.3, -0.25) is 0 Å². The Kier molecular flexibility index (Phi) is 6.89. The zero-order valence-electron chi connectivity index (χ0n) is 12.0. The Balaban J connectivity index is 2.10. The highest BCUT2D eigenvalue weighted by atomic mass is 35.5. The summed E-state index contributed by atoms with van der Waals surface area (Å²) in [7, 11) is 0. The van der Waals surface area contributed by atoms with E-state index in [0.717, 1.165) is 0 Å². The number of hydrogen-bond donors (Lipinski definition) is 0. The number of rotatable bonds is 8. The van der Waals surface area contributed by atoms with Crippen LogP contribution in [0.2, 0.25) is 5.02 Å². The Labute approximate surface area is 146 Å². The average molecular weight is 400 g/mol. The summed E-state index contributed by atoms with van der Waals surface area (Å²) in [5.74, 6) is -0.441. The first-order valence-electron chi connectivity index (χ1n) is 6.47. The lowest BCUT2D eigenvalue weighted by atomic mass is 10.3. The monoisotopic (exact) mass is 399 g/mol. The highest BCUT2D eigenvalue weighted by Crippen LogP contribution is 2.61. The maximum Gasteiger partial charge on any atom is 0.430 e. The van der Waals surface area contributed by atoms with E-state index in [1.165, 1.54) is 27.3 Å². The third-order valence-corrected chi connectivity index (χ3v) is 9.73. The molecular formula is C12H15ClNO4PS3. The van der Waals surface area contributed by atoms with Crippen LogP contribution in [0.25, 0.3) is 11.1 Å². The molecule has 0 bridgehead atoms. The fourth-order valence-corrected chi connectivity index (χ4v) is 8.70. The molecule has 1 heterocycles. The first-order valence-corrected chi connectivity index (χ1v) is 12.0. The Morgan fingerprint density at radius 2 is 2.05 bits per heavy atom. The van der Waals surface area contributed by atoms with Crippen molar-refractivity contribution < 1.29 is 13.5 Å². The van der Waals surface area contributed by atoms with Crippen molar-refractivity contribution in [2.75, 3.05) is 18.3 Å². The molecule has 0 saturated carbocycles. The highest BCUT2D eigenvalue weighted by molar-refractivity contribution is 8.69. The second-order valence-electron chi connectivity index (χ2n) is 3.93. The molecule has 0 saturated heterocycles. The fourth-order valence-electron chi connectivity index (χ4n) is 1.66. The molecule has 5 nitrogen and oxygen atoms in total. The third kappa shape index (κ3) is 4.54. The number of aromatic nitrogens is 1. The average Bonchev–Trinajstić information content (AvgIpc) is 2.74. The Bertz CT molecular complexity index is 738. The van der Waals surface area contributed by atoms with Gasteiger partial charge in [-0.1, -0.05) is 23.0 Å². The maximum atomic E-state index is 11.9. The molecule has 10 heteroatoms. The molecule has 1 aromatic heterocycles. The van der Waals surface area contributed by atoms with Gasteiger partial charge in [0.05, 0.1) is 18.3 Å². The summed E-state index contributed by atoms with van der Waals surface area (Å²) >= 11 is 14.0. The lowest BCUT2D eigenvalue weighted by Gasteiger charge is -2.19. The molecule has 1 aromatic carbocycles. The van der Waals surface area contributed by atoms with Crippen LogP contribution in [-0.2, 0) is 20.9 Å². The van der Waals surface area contributed by atoms with Crippen molar-refractivity contribution in [1.82, 2.24) is 3.97 Å². The molecule has 122 valence electrons. The molecule has 0 aliphatic carbocycles. The minimum absolute atomic E-state index is 0.441. The van der Waals surface area contributed by atoms with Crippen LogP contribution in [0, 0.1) is 0 Å². The minimum atomic E-state index is -2.36. The van der Waals surface area contributed by atoms with E-state index in [9.17, 15) is 4.79 Å². The topological polar surface area (TPSA) is 53.6 Å². The molecule has 0 aliphatic rings. The van der Waals surface area contributed by atoms with Crippen molar-refractivity contribution in [1.29, 1.82) is 0 Å². The van der Waals surface area contributed by atoms with Crippen LogP contribution in [0.15, 0.2) is 27.4 Å². The van der Waals surface area contributed by atoms with Crippen LogP contribution in [0.5, 0.6) is 0 Å². The number of benzene rings is 1. The van der Waals surface area contributed by atoms with E-state index < -0.39 is 11.4 Å². The number of fused-ring (bicyclic) bond motifs is 1. The predicted molar refractivity (Wildman–Crippen MR) is 98.5 cm³/mol. The van der Waals surface area contributed by atoms with Crippen molar-refractivity contribution in [2.45, 2.75) is 13.8 Å². The van der Waals surface area contributed by atoms with Gasteiger partial charge in [0, 0.05) is 11.1 Å². The molecular weight excluding hydrogens is 385 g/mol. The standard InChI is InChI=1S/C12H15ClNO4PS3/c1-3-16-19(20,17-4-2)22-8-21-14-10-6-5-9(13)7-11(10)18-12(14)15/h5-7H,3-4,8H2,1-2H3. The van der Waals surface area contributed by atoms with Crippen LogP contribution < -0.4 is 5.76 Å². The molecule has 2 aromatic rings. The van der Waals surface area contributed by atoms with Crippen LogP contribution in [0.1, 0.15) is 13.8 Å². The summed E-state index contributed by atoms with van der Waals surface area (Å²) in [6.45, 7) is 4.77. The molecule has 0 spiro atoms. The van der Waals surface area contributed by atoms with Crippen molar-refractivity contribution in [3.63, 3.8) is 0 Å². The molecule has 0 amide bonds. The summed E-state index contributed by atoms with van der Waals surface area (Å²) in [6, 6.07) is 5.09. The second-order valence-corrected chi connectivity index (χ2v) is 12.0. The van der Waals surface area contributed by atoms with Crippen molar-refractivity contribution in [3.8, 4) is 0 Å². The van der Waals surface area contributed by atoms with Crippen molar-refractivity contribution >= 4 is 63.5 Å². The van der Waals surface area contributed by atoms with Gasteiger partial charge >= 0.3 is 5.76 Å². The number of hydrogen-bond acceptors (Lipinski definition) is 7. The van der Waals surface area contributed by atoms with Gasteiger partial charge in [-0.25, -0.2) is 8.77 Å². The van der Waals surface area contributed by atoms with E-state index in [1.807, 2.05) is 13.8 Å². The molecule has 2 rings (SSSR count). The van der Waals surface area contributed by atoms with E-state index in [1.54, 1.807) is 18.2 Å².